The van der Waals surface area contributed by atoms with Crippen molar-refractivity contribution in [2.45, 2.75) is 64.7 Å². The van der Waals surface area contributed by atoms with Crippen molar-refractivity contribution >= 4 is 35.5 Å². The van der Waals surface area contributed by atoms with Crippen LogP contribution in [0.15, 0.2) is 24.3 Å². The summed E-state index contributed by atoms with van der Waals surface area (Å²) in [5.74, 6) is -6.18. The van der Waals surface area contributed by atoms with Gasteiger partial charge in [0, 0.05) is 6.42 Å². The third-order valence-corrected chi connectivity index (χ3v) is 5.73. The second kappa shape index (κ2) is 15.3. The van der Waals surface area contributed by atoms with Gasteiger partial charge in [0.2, 0.25) is 29.5 Å². The Bertz CT molecular complexity index is 1040. The largest absolute Gasteiger partial charge is 0.508 e. The molecule has 5 amide bonds. The van der Waals surface area contributed by atoms with Crippen molar-refractivity contribution in [1.82, 2.24) is 21.3 Å². The van der Waals surface area contributed by atoms with Gasteiger partial charge in [0.1, 0.15) is 29.9 Å². The summed E-state index contributed by atoms with van der Waals surface area (Å²) >= 11 is 0. The molecule has 0 bridgehead atoms. The number of rotatable bonds is 15. The SMILES string of the molecule is CC(C)[C@H](NC(=O)[C@@H](NC(=O)[C@H](Cc1ccc(O)cc1)NC(=O)[C@H](CC(N)=O)NC(=O)CN)C(C)C)C(=O)O. The van der Waals surface area contributed by atoms with E-state index in [9.17, 15) is 39.0 Å². The lowest BCUT2D eigenvalue weighted by Crippen LogP contribution is -2.60. The summed E-state index contributed by atoms with van der Waals surface area (Å²) in [4.78, 5) is 74.1. The van der Waals surface area contributed by atoms with Crippen LogP contribution in [-0.2, 0) is 35.2 Å². The highest BCUT2D eigenvalue weighted by atomic mass is 16.4. The molecule has 0 aromatic heterocycles. The molecule has 10 N–H and O–H groups in total. The molecule has 0 unspecified atom stereocenters. The van der Waals surface area contributed by atoms with Gasteiger partial charge in [-0.2, -0.15) is 0 Å². The fraction of sp³-hybridized carbons (Fsp3) is 0.520. The Balaban J connectivity index is 3.25. The van der Waals surface area contributed by atoms with Crippen LogP contribution in [0.3, 0.4) is 0 Å². The van der Waals surface area contributed by atoms with Crippen LogP contribution < -0.4 is 32.7 Å². The van der Waals surface area contributed by atoms with Gasteiger partial charge in [0.15, 0.2) is 0 Å². The number of carbonyl (C=O) groups excluding carboxylic acids is 5. The van der Waals surface area contributed by atoms with Crippen LogP contribution in [-0.4, -0.2) is 76.4 Å². The minimum atomic E-state index is -1.42. The van der Waals surface area contributed by atoms with Crippen molar-refractivity contribution in [1.29, 1.82) is 0 Å². The van der Waals surface area contributed by atoms with Gasteiger partial charge < -0.3 is 42.9 Å². The summed E-state index contributed by atoms with van der Waals surface area (Å²) in [6.45, 7) is 6.08. The Kier molecular flexibility index (Phi) is 12.9. The summed E-state index contributed by atoms with van der Waals surface area (Å²) in [7, 11) is 0. The number of carboxylic acids is 1. The van der Waals surface area contributed by atoms with Crippen LogP contribution in [0.2, 0.25) is 0 Å². The van der Waals surface area contributed by atoms with Gasteiger partial charge in [-0.15, -0.1) is 0 Å². The van der Waals surface area contributed by atoms with Crippen molar-refractivity contribution in [3.63, 3.8) is 0 Å². The van der Waals surface area contributed by atoms with Gasteiger partial charge in [0.05, 0.1) is 13.0 Å². The highest BCUT2D eigenvalue weighted by Gasteiger charge is 2.33. The lowest BCUT2D eigenvalue weighted by atomic mass is 9.99. The predicted molar refractivity (Wildman–Crippen MR) is 140 cm³/mol. The van der Waals surface area contributed by atoms with Crippen LogP contribution in [0, 0.1) is 11.8 Å². The topological polar surface area (TPSA) is 243 Å². The van der Waals surface area contributed by atoms with Crippen LogP contribution in [0.5, 0.6) is 5.75 Å². The first-order chi connectivity index (χ1) is 18.2. The number of nitrogens with one attached hydrogen (secondary N) is 4. The number of hydrogen-bond donors (Lipinski definition) is 8. The Morgan fingerprint density at radius 1 is 0.769 bits per heavy atom. The Morgan fingerprint density at radius 3 is 1.74 bits per heavy atom. The molecule has 0 aliphatic carbocycles. The van der Waals surface area contributed by atoms with Crippen molar-refractivity contribution in [2.75, 3.05) is 6.54 Å². The maximum atomic E-state index is 13.4. The van der Waals surface area contributed by atoms with E-state index in [4.69, 9.17) is 11.5 Å². The van der Waals surface area contributed by atoms with Crippen LogP contribution >= 0.6 is 0 Å². The molecule has 0 heterocycles. The molecule has 0 fully saturated rings. The summed E-state index contributed by atoms with van der Waals surface area (Å²) < 4.78 is 0. The van der Waals surface area contributed by atoms with E-state index < -0.39 is 84.5 Å². The molecule has 14 heteroatoms. The second-order valence-corrected chi connectivity index (χ2v) is 9.73. The molecule has 1 rings (SSSR count). The maximum Gasteiger partial charge on any atom is 0.326 e. The van der Waals surface area contributed by atoms with Gasteiger partial charge in [-0.05, 0) is 29.5 Å². The Labute approximate surface area is 226 Å². The van der Waals surface area contributed by atoms with Crippen LogP contribution in [0.1, 0.15) is 39.7 Å². The van der Waals surface area contributed by atoms with Gasteiger partial charge >= 0.3 is 5.97 Å². The minimum Gasteiger partial charge on any atom is -0.508 e. The van der Waals surface area contributed by atoms with E-state index in [0.29, 0.717) is 5.56 Å². The van der Waals surface area contributed by atoms with Crippen LogP contribution in [0.25, 0.3) is 0 Å². The number of benzene rings is 1. The number of phenols is 1. The van der Waals surface area contributed by atoms with Crippen molar-refractivity contribution < 1.29 is 39.0 Å². The average Bonchev–Trinajstić information content (AvgIpc) is 2.84. The summed E-state index contributed by atoms with van der Waals surface area (Å²) in [6, 6.07) is 0.732. The van der Waals surface area contributed by atoms with E-state index in [-0.39, 0.29) is 12.2 Å². The highest BCUT2D eigenvalue weighted by molar-refractivity contribution is 5.96. The van der Waals surface area contributed by atoms with Crippen molar-refractivity contribution in [2.24, 2.45) is 23.3 Å². The van der Waals surface area contributed by atoms with Gasteiger partial charge in [-0.1, -0.05) is 39.8 Å². The number of aromatic hydroxyl groups is 1. The quantitative estimate of drug-likeness (QED) is 0.121. The van der Waals surface area contributed by atoms with Gasteiger partial charge in [-0.3, -0.25) is 24.0 Å². The standard InChI is InChI=1S/C25H38N6O8/c1-12(2)20(24(37)31-21(13(3)4)25(38)39)30-23(36)16(9-14-5-7-15(32)8-6-14)29-22(35)17(10-18(27)33)28-19(34)11-26/h5-8,12-13,16-17,20-21,32H,9-11,26H2,1-4H3,(H2,27,33)(H,28,34)(H,29,35)(H,30,36)(H,31,37)(H,38,39)/t16-,17-,20-,21-/m0/s1. The first-order valence-electron chi connectivity index (χ1n) is 12.4. The zero-order valence-corrected chi connectivity index (χ0v) is 22.4. The van der Waals surface area contributed by atoms with E-state index in [1.807, 2.05) is 0 Å². The molecule has 14 nitrogen and oxygen atoms in total. The molecule has 216 valence electrons. The Hall–Kier alpha value is -4.20. The van der Waals surface area contributed by atoms with Gasteiger partial charge in [-0.25, -0.2) is 4.79 Å². The first kappa shape index (κ1) is 32.8. The first-order valence-corrected chi connectivity index (χ1v) is 12.4. The molecule has 0 radical (unpaired) electrons. The number of aliphatic carboxylic acids is 1. The second-order valence-electron chi connectivity index (χ2n) is 9.73. The monoisotopic (exact) mass is 550 g/mol. The van der Waals surface area contributed by atoms with E-state index in [1.165, 1.54) is 24.3 Å². The average molecular weight is 551 g/mol. The van der Waals surface area contributed by atoms with E-state index in [1.54, 1.807) is 27.7 Å². The third-order valence-electron chi connectivity index (χ3n) is 5.73. The number of primary amides is 1. The fourth-order valence-corrected chi connectivity index (χ4v) is 3.56. The predicted octanol–water partition coefficient (Wildman–Crippen LogP) is -1.90. The number of hydrogen-bond acceptors (Lipinski definition) is 8. The molecule has 39 heavy (non-hydrogen) atoms. The van der Waals surface area contributed by atoms with E-state index in [2.05, 4.69) is 21.3 Å². The molecule has 0 saturated heterocycles. The fourth-order valence-electron chi connectivity index (χ4n) is 3.56. The Morgan fingerprint density at radius 2 is 1.28 bits per heavy atom. The minimum absolute atomic E-state index is 0.0236. The number of nitrogens with two attached hydrogens (primary N) is 2. The zero-order valence-electron chi connectivity index (χ0n) is 22.4. The molecule has 4 atom stereocenters. The number of carbonyl (C=O) groups is 6. The number of amides is 5. The molecular formula is C25H38N6O8. The summed E-state index contributed by atoms with van der Waals surface area (Å²) in [5, 5.41) is 28.7. The smallest absolute Gasteiger partial charge is 0.326 e. The normalized spacial score (nSPS) is 14.0. The van der Waals surface area contributed by atoms with E-state index in [0.717, 1.165) is 0 Å². The molecule has 0 spiro atoms. The number of carboxylic acid groups (broad SMARTS) is 1. The molecular weight excluding hydrogens is 512 g/mol. The van der Waals surface area contributed by atoms with E-state index >= 15 is 0 Å². The number of phenolic OH excluding ortho intramolecular Hbond substituents is 1. The zero-order chi connectivity index (χ0) is 29.9. The molecule has 0 aliphatic rings. The lowest BCUT2D eigenvalue weighted by Gasteiger charge is -2.28. The van der Waals surface area contributed by atoms with Crippen molar-refractivity contribution in [3.8, 4) is 5.75 Å². The third kappa shape index (κ3) is 11.0. The molecule has 1 aromatic rings. The van der Waals surface area contributed by atoms with Gasteiger partial charge in [0.25, 0.3) is 0 Å². The lowest BCUT2D eigenvalue weighted by molar-refractivity contribution is -0.143. The molecule has 0 saturated carbocycles. The highest BCUT2D eigenvalue weighted by Crippen LogP contribution is 2.13. The van der Waals surface area contributed by atoms with Crippen molar-refractivity contribution in [3.05, 3.63) is 29.8 Å². The molecule has 0 aliphatic heterocycles. The summed E-state index contributed by atoms with van der Waals surface area (Å²) in [6.07, 6.45) is -0.657. The van der Waals surface area contributed by atoms with Crippen LogP contribution in [0.4, 0.5) is 0 Å². The summed E-state index contributed by atoms with van der Waals surface area (Å²) in [5.41, 5.74) is 11.0. The molecule has 1 aromatic carbocycles. The maximum absolute atomic E-state index is 13.4.